The van der Waals surface area contributed by atoms with E-state index in [0.717, 1.165) is 33.8 Å². The second kappa shape index (κ2) is 5.11. The van der Waals surface area contributed by atoms with Gasteiger partial charge in [0, 0.05) is 27.6 Å². The number of fused-ring (bicyclic) bond motifs is 3. The van der Waals surface area contributed by atoms with E-state index in [9.17, 15) is 4.79 Å². The summed E-state index contributed by atoms with van der Waals surface area (Å²) in [7, 11) is 0. The minimum atomic E-state index is 0.117. The summed E-state index contributed by atoms with van der Waals surface area (Å²) < 4.78 is 1.05. The van der Waals surface area contributed by atoms with Crippen molar-refractivity contribution >= 4 is 38.3 Å². The molecule has 0 saturated carbocycles. The number of anilines is 1. The van der Waals surface area contributed by atoms with Gasteiger partial charge in [-0.1, -0.05) is 40.2 Å². The summed E-state index contributed by atoms with van der Waals surface area (Å²) in [5.74, 6) is 0.272. The summed E-state index contributed by atoms with van der Waals surface area (Å²) in [5, 5.41) is 8.87. The fourth-order valence-corrected chi connectivity index (χ4v) is 4.19. The molecule has 21 heavy (non-hydrogen) atoms. The molecule has 0 radical (unpaired) electrons. The van der Waals surface area contributed by atoms with Crippen LogP contribution in [0.2, 0.25) is 0 Å². The van der Waals surface area contributed by atoms with Gasteiger partial charge < -0.3 is 10.6 Å². The smallest absolute Gasteiger partial charge is 0.229 e. The molecule has 2 aromatic rings. The van der Waals surface area contributed by atoms with Crippen LogP contribution in [-0.4, -0.2) is 18.0 Å². The number of amides is 1. The van der Waals surface area contributed by atoms with Crippen LogP contribution in [0.5, 0.6) is 0 Å². The van der Waals surface area contributed by atoms with E-state index >= 15 is 0 Å². The van der Waals surface area contributed by atoms with Crippen LogP contribution < -0.4 is 10.6 Å². The fraction of sp³-hybridized carbons (Fsp3) is 0.353. The standard InChI is InChI=1S/C17H17BrN2O/c18-14-6-8-15(12-4-2-1-3-11(12)14)20-17(21)13-9-10-5-7-16(13)19-10/h1-4,6,8,10,13,16,19H,5,7,9H2,(H,20,21). The lowest BCUT2D eigenvalue weighted by atomic mass is 9.88. The van der Waals surface area contributed by atoms with Crippen LogP contribution in [0.1, 0.15) is 19.3 Å². The Morgan fingerprint density at radius 3 is 2.67 bits per heavy atom. The molecule has 3 atom stereocenters. The van der Waals surface area contributed by atoms with E-state index in [1.165, 1.54) is 6.42 Å². The summed E-state index contributed by atoms with van der Waals surface area (Å²) in [4.78, 5) is 12.6. The maximum Gasteiger partial charge on any atom is 0.229 e. The first kappa shape index (κ1) is 13.3. The van der Waals surface area contributed by atoms with Crippen LogP contribution in [0.4, 0.5) is 5.69 Å². The Labute approximate surface area is 132 Å². The van der Waals surface area contributed by atoms with Gasteiger partial charge in [-0.2, -0.15) is 0 Å². The summed E-state index contributed by atoms with van der Waals surface area (Å²) in [5.41, 5.74) is 0.904. The summed E-state index contributed by atoms with van der Waals surface area (Å²) in [6, 6.07) is 13.0. The van der Waals surface area contributed by atoms with Gasteiger partial charge in [-0.05, 0) is 36.8 Å². The number of hydrogen-bond donors (Lipinski definition) is 2. The van der Waals surface area contributed by atoms with Crippen LogP contribution in [0.3, 0.4) is 0 Å². The number of halogens is 1. The summed E-state index contributed by atoms with van der Waals surface area (Å²) in [6.45, 7) is 0. The summed E-state index contributed by atoms with van der Waals surface area (Å²) in [6.07, 6.45) is 3.32. The average Bonchev–Trinajstić information content (AvgIpc) is 3.13. The predicted octanol–water partition coefficient (Wildman–Crippen LogP) is 3.68. The first-order valence-electron chi connectivity index (χ1n) is 7.46. The van der Waals surface area contributed by atoms with Crippen molar-refractivity contribution in [3.05, 3.63) is 40.9 Å². The lowest BCUT2D eigenvalue weighted by molar-refractivity contribution is -0.120. The van der Waals surface area contributed by atoms with Gasteiger partial charge in [-0.25, -0.2) is 0 Å². The third-order valence-corrected chi connectivity index (χ3v) is 5.46. The van der Waals surface area contributed by atoms with Gasteiger partial charge in [0.1, 0.15) is 0 Å². The van der Waals surface area contributed by atoms with Gasteiger partial charge in [-0.3, -0.25) is 4.79 Å². The molecule has 0 spiro atoms. The zero-order valence-electron chi connectivity index (χ0n) is 11.6. The molecule has 2 fully saturated rings. The molecule has 2 saturated heterocycles. The van der Waals surface area contributed by atoms with Crippen LogP contribution >= 0.6 is 15.9 Å². The molecule has 3 unspecified atom stereocenters. The Morgan fingerprint density at radius 1 is 1.14 bits per heavy atom. The van der Waals surface area contributed by atoms with E-state index in [-0.39, 0.29) is 11.8 Å². The summed E-state index contributed by atoms with van der Waals surface area (Å²) >= 11 is 3.57. The zero-order chi connectivity index (χ0) is 14.4. The van der Waals surface area contributed by atoms with Crippen molar-refractivity contribution < 1.29 is 4.79 Å². The van der Waals surface area contributed by atoms with Gasteiger partial charge in [0.15, 0.2) is 0 Å². The molecular formula is C17H17BrN2O. The first-order valence-corrected chi connectivity index (χ1v) is 8.26. The second-order valence-corrected chi connectivity index (χ2v) is 6.87. The van der Waals surface area contributed by atoms with Crippen molar-refractivity contribution in [1.82, 2.24) is 5.32 Å². The fourth-order valence-electron chi connectivity index (χ4n) is 3.71. The van der Waals surface area contributed by atoms with Crippen LogP contribution in [0.25, 0.3) is 10.8 Å². The normalized spacial score (nSPS) is 27.2. The zero-order valence-corrected chi connectivity index (χ0v) is 13.2. The van der Waals surface area contributed by atoms with Crippen molar-refractivity contribution in [3.63, 3.8) is 0 Å². The van der Waals surface area contributed by atoms with Crippen molar-refractivity contribution in [1.29, 1.82) is 0 Å². The highest BCUT2D eigenvalue weighted by Crippen LogP contribution is 2.35. The van der Waals surface area contributed by atoms with Crippen LogP contribution in [-0.2, 0) is 4.79 Å². The molecule has 4 heteroatoms. The molecule has 2 aliphatic rings. The van der Waals surface area contributed by atoms with Gasteiger partial charge in [0.05, 0.1) is 5.92 Å². The van der Waals surface area contributed by atoms with E-state index in [2.05, 4.69) is 38.7 Å². The maximum absolute atomic E-state index is 12.6. The number of carbonyl (C=O) groups excluding carboxylic acids is 1. The van der Waals surface area contributed by atoms with Gasteiger partial charge in [-0.15, -0.1) is 0 Å². The highest BCUT2D eigenvalue weighted by Gasteiger charge is 2.42. The molecular weight excluding hydrogens is 328 g/mol. The SMILES string of the molecule is O=C(Nc1ccc(Br)c2ccccc12)C1CC2CCC1N2. The monoisotopic (exact) mass is 344 g/mol. The molecule has 0 aromatic heterocycles. The Kier molecular flexibility index (Phi) is 3.23. The molecule has 0 aliphatic carbocycles. The van der Waals surface area contributed by atoms with Gasteiger partial charge in [0.25, 0.3) is 0 Å². The number of hydrogen-bond acceptors (Lipinski definition) is 2. The van der Waals surface area contributed by atoms with E-state index in [0.29, 0.717) is 12.1 Å². The first-order chi connectivity index (χ1) is 10.2. The highest BCUT2D eigenvalue weighted by atomic mass is 79.9. The highest BCUT2D eigenvalue weighted by molar-refractivity contribution is 9.10. The molecule has 2 heterocycles. The average molecular weight is 345 g/mol. The minimum absolute atomic E-state index is 0.117. The van der Waals surface area contributed by atoms with E-state index < -0.39 is 0 Å². The largest absolute Gasteiger partial charge is 0.325 e. The Morgan fingerprint density at radius 2 is 1.95 bits per heavy atom. The van der Waals surface area contributed by atoms with Gasteiger partial charge >= 0.3 is 0 Å². The third-order valence-electron chi connectivity index (χ3n) is 4.77. The molecule has 1 amide bonds. The second-order valence-electron chi connectivity index (χ2n) is 6.02. The quantitative estimate of drug-likeness (QED) is 0.872. The minimum Gasteiger partial charge on any atom is -0.325 e. The maximum atomic E-state index is 12.6. The number of rotatable bonds is 2. The van der Waals surface area contributed by atoms with Gasteiger partial charge in [0.2, 0.25) is 5.91 Å². The van der Waals surface area contributed by atoms with Crippen molar-refractivity contribution in [2.75, 3.05) is 5.32 Å². The van der Waals surface area contributed by atoms with Crippen molar-refractivity contribution in [2.24, 2.45) is 5.92 Å². The van der Waals surface area contributed by atoms with E-state index in [1.54, 1.807) is 0 Å². The number of nitrogens with one attached hydrogen (secondary N) is 2. The topological polar surface area (TPSA) is 41.1 Å². The molecule has 108 valence electrons. The van der Waals surface area contributed by atoms with Crippen LogP contribution in [0, 0.1) is 5.92 Å². The lowest BCUT2D eigenvalue weighted by Gasteiger charge is -2.20. The Bertz CT molecular complexity index is 715. The predicted molar refractivity (Wildman–Crippen MR) is 88.3 cm³/mol. The van der Waals surface area contributed by atoms with Crippen LogP contribution in [0.15, 0.2) is 40.9 Å². The number of carbonyl (C=O) groups is 1. The molecule has 2 aromatic carbocycles. The molecule has 3 nitrogen and oxygen atoms in total. The number of benzene rings is 2. The van der Waals surface area contributed by atoms with E-state index in [1.807, 2.05) is 24.3 Å². The van der Waals surface area contributed by atoms with E-state index in [4.69, 9.17) is 0 Å². The third kappa shape index (κ3) is 2.27. The van der Waals surface area contributed by atoms with Crippen molar-refractivity contribution in [2.45, 2.75) is 31.3 Å². The molecule has 2 aliphatic heterocycles. The lowest BCUT2D eigenvalue weighted by Crippen LogP contribution is -2.32. The Balaban J connectivity index is 1.63. The molecule has 2 bridgehead atoms. The molecule has 2 N–H and O–H groups in total. The molecule has 4 rings (SSSR count). The Hall–Kier alpha value is -1.39. The van der Waals surface area contributed by atoms with Crippen molar-refractivity contribution in [3.8, 4) is 0 Å².